The van der Waals surface area contributed by atoms with Gasteiger partial charge in [0.25, 0.3) is 5.91 Å². The largest absolute Gasteiger partial charge is 0.347 e. The number of hydrogen-bond donors (Lipinski definition) is 1. The third-order valence-corrected chi connectivity index (χ3v) is 3.55. The van der Waals surface area contributed by atoms with E-state index in [2.05, 4.69) is 21.2 Å². The molecule has 0 unspecified atom stereocenters. The van der Waals surface area contributed by atoms with E-state index in [1.165, 1.54) is 12.1 Å². The van der Waals surface area contributed by atoms with Gasteiger partial charge in [0.2, 0.25) is 0 Å². The lowest BCUT2D eigenvalue weighted by molar-refractivity contribution is 0.0947. The van der Waals surface area contributed by atoms with Crippen molar-refractivity contribution >= 4 is 33.2 Å². The molecule has 0 aliphatic rings. The average molecular weight is 314 g/mol. The van der Waals surface area contributed by atoms with Gasteiger partial charge in [-0.15, -0.1) is 11.3 Å². The molecule has 0 saturated heterocycles. The molecule has 0 spiro atoms. The third-order valence-electron chi connectivity index (χ3n) is 2.18. The van der Waals surface area contributed by atoms with E-state index >= 15 is 0 Å². The van der Waals surface area contributed by atoms with Gasteiger partial charge in [-0.3, -0.25) is 4.79 Å². The summed E-state index contributed by atoms with van der Waals surface area (Å²) in [5.74, 6) is -0.925. The second kappa shape index (κ2) is 5.42. The molecule has 0 fully saturated rings. The highest BCUT2D eigenvalue weighted by molar-refractivity contribution is 9.10. The van der Waals surface area contributed by atoms with Crippen LogP contribution in [0.1, 0.15) is 15.2 Å². The molecule has 2 rings (SSSR count). The van der Waals surface area contributed by atoms with Crippen LogP contribution in [0.15, 0.2) is 40.2 Å². The van der Waals surface area contributed by atoms with Crippen molar-refractivity contribution < 1.29 is 9.18 Å². The highest BCUT2D eigenvalue weighted by Gasteiger charge is 2.11. The number of carbonyl (C=O) groups is 1. The van der Waals surface area contributed by atoms with Gasteiger partial charge in [-0.05, 0) is 29.6 Å². The smallest absolute Gasteiger partial charge is 0.254 e. The zero-order valence-electron chi connectivity index (χ0n) is 8.74. The minimum Gasteiger partial charge on any atom is -0.347 e. The molecule has 0 aliphatic carbocycles. The normalized spacial score (nSPS) is 10.2. The van der Waals surface area contributed by atoms with Crippen LogP contribution in [0.3, 0.4) is 0 Å². The van der Waals surface area contributed by atoms with Crippen LogP contribution in [0.4, 0.5) is 4.39 Å². The number of amides is 1. The van der Waals surface area contributed by atoms with E-state index in [-0.39, 0.29) is 5.56 Å². The van der Waals surface area contributed by atoms with Gasteiger partial charge in [0.05, 0.1) is 12.1 Å². The fourth-order valence-corrected chi connectivity index (χ4v) is 2.33. The van der Waals surface area contributed by atoms with Crippen LogP contribution in [-0.4, -0.2) is 5.91 Å². The summed E-state index contributed by atoms with van der Waals surface area (Å²) in [6.45, 7) is 0.423. The Morgan fingerprint density at radius 3 is 2.88 bits per heavy atom. The Bertz CT molecular complexity index is 527. The Labute approximate surface area is 111 Å². The molecule has 1 amide bonds. The third kappa shape index (κ3) is 3.14. The van der Waals surface area contributed by atoms with E-state index in [0.717, 1.165) is 4.88 Å². The van der Waals surface area contributed by atoms with Gasteiger partial charge in [0.1, 0.15) is 5.82 Å². The van der Waals surface area contributed by atoms with Crippen molar-refractivity contribution in [2.24, 2.45) is 0 Å². The molecule has 0 atom stereocenters. The lowest BCUT2D eigenvalue weighted by Crippen LogP contribution is -2.23. The second-order valence-electron chi connectivity index (χ2n) is 3.39. The molecule has 0 bridgehead atoms. The number of nitrogens with one attached hydrogen (secondary N) is 1. The Hall–Kier alpha value is -1.20. The van der Waals surface area contributed by atoms with Crippen LogP contribution in [0.25, 0.3) is 0 Å². The lowest BCUT2D eigenvalue weighted by Gasteiger charge is -2.05. The predicted molar refractivity (Wildman–Crippen MR) is 69.6 cm³/mol. The molecule has 0 aliphatic heterocycles. The predicted octanol–water partition coefficient (Wildman–Crippen LogP) is 3.58. The van der Waals surface area contributed by atoms with Gasteiger partial charge in [-0.2, -0.15) is 0 Å². The first kappa shape index (κ1) is 12.3. The van der Waals surface area contributed by atoms with Crippen molar-refractivity contribution in [3.05, 3.63) is 56.4 Å². The first-order chi connectivity index (χ1) is 8.16. The maximum Gasteiger partial charge on any atom is 0.254 e. The summed E-state index contributed by atoms with van der Waals surface area (Å²) in [5, 5.41) is 4.61. The van der Waals surface area contributed by atoms with Crippen LogP contribution in [-0.2, 0) is 6.54 Å². The van der Waals surface area contributed by atoms with Gasteiger partial charge in [0, 0.05) is 9.35 Å². The number of hydrogen-bond acceptors (Lipinski definition) is 2. The molecule has 0 saturated carbocycles. The first-order valence-corrected chi connectivity index (χ1v) is 6.60. The highest BCUT2D eigenvalue weighted by atomic mass is 79.9. The monoisotopic (exact) mass is 313 g/mol. The summed E-state index contributed by atoms with van der Waals surface area (Å²) >= 11 is 4.70. The van der Waals surface area contributed by atoms with Crippen LogP contribution in [0.2, 0.25) is 0 Å². The van der Waals surface area contributed by atoms with Crippen LogP contribution in [0.5, 0.6) is 0 Å². The van der Waals surface area contributed by atoms with Gasteiger partial charge < -0.3 is 5.32 Å². The summed E-state index contributed by atoms with van der Waals surface area (Å²) in [6, 6.07) is 8.21. The lowest BCUT2D eigenvalue weighted by atomic mass is 10.2. The summed E-state index contributed by atoms with van der Waals surface area (Å²) in [6.07, 6.45) is 0. The highest BCUT2D eigenvalue weighted by Crippen LogP contribution is 2.15. The van der Waals surface area contributed by atoms with E-state index in [0.29, 0.717) is 11.0 Å². The maximum absolute atomic E-state index is 13.5. The number of carbonyl (C=O) groups excluding carboxylic acids is 1. The molecule has 5 heteroatoms. The zero-order valence-corrected chi connectivity index (χ0v) is 11.1. The molecule has 1 heterocycles. The van der Waals surface area contributed by atoms with Crippen molar-refractivity contribution in [3.63, 3.8) is 0 Å². The molecular weight excluding hydrogens is 305 g/mol. The van der Waals surface area contributed by atoms with Crippen LogP contribution < -0.4 is 5.32 Å². The Kier molecular flexibility index (Phi) is 3.91. The molecule has 1 aromatic heterocycles. The molecule has 2 aromatic rings. The molecular formula is C12H9BrFNOS. The molecule has 2 nitrogen and oxygen atoms in total. The Morgan fingerprint density at radius 1 is 1.41 bits per heavy atom. The van der Waals surface area contributed by atoms with Crippen LogP contribution >= 0.6 is 27.3 Å². The summed E-state index contributed by atoms with van der Waals surface area (Å²) in [5.41, 5.74) is 0.0600. The molecule has 88 valence electrons. The number of rotatable bonds is 3. The number of halogens is 2. The Morgan fingerprint density at radius 2 is 2.24 bits per heavy atom. The quantitative estimate of drug-likeness (QED) is 0.922. The maximum atomic E-state index is 13.5. The fraction of sp³-hybridized carbons (Fsp3) is 0.0833. The summed E-state index contributed by atoms with van der Waals surface area (Å²) in [7, 11) is 0. The van der Waals surface area contributed by atoms with Crippen molar-refractivity contribution in [2.75, 3.05) is 0 Å². The summed E-state index contributed by atoms with van der Waals surface area (Å²) < 4.78 is 14.1. The van der Waals surface area contributed by atoms with E-state index in [9.17, 15) is 9.18 Å². The fourth-order valence-electron chi connectivity index (χ4n) is 1.35. The minimum absolute atomic E-state index is 0.0600. The molecule has 0 radical (unpaired) electrons. The van der Waals surface area contributed by atoms with Crippen molar-refractivity contribution in [2.45, 2.75) is 6.54 Å². The van der Waals surface area contributed by atoms with Crippen molar-refractivity contribution in [3.8, 4) is 0 Å². The van der Waals surface area contributed by atoms with Crippen molar-refractivity contribution in [1.82, 2.24) is 5.32 Å². The topological polar surface area (TPSA) is 29.1 Å². The summed E-state index contributed by atoms with van der Waals surface area (Å²) in [4.78, 5) is 12.7. The Balaban J connectivity index is 2.04. The van der Waals surface area contributed by atoms with E-state index in [1.807, 2.05) is 17.5 Å². The van der Waals surface area contributed by atoms with E-state index < -0.39 is 11.7 Å². The standard InChI is InChI=1S/C12H9BrFNOS/c13-8-3-4-10(11(14)6-8)12(16)15-7-9-2-1-5-17-9/h1-6H,7H2,(H,15,16). The van der Waals surface area contributed by atoms with Gasteiger partial charge in [-0.1, -0.05) is 22.0 Å². The van der Waals surface area contributed by atoms with Gasteiger partial charge in [0.15, 0.2) is 0 Å². The molecule has 17 heavy (non-hydrogen) atoms. The molecule has 1 N–H and O–H groups in total. The van der Waals surface area contributed by atoms with Crippen molar-refractivity contribution in [1.29, 1.82) is 0 Å². The van der Waals surface area contributed by atoms with E-state index in [4.69, 9.17) is 0 Å². The number of thiophene rings is 1. The average Bonchev–Trinajstić information content (AvgIpc) is 2.78. The number of benzene rings is 1. The first-order valence-electron chi connectivity index (χ1n) is 4.92. The van der Waals surface area contributed by atoms with Crippen LogP contribution in [0, 0.1) is 5.82 Å². The second-order valence-corrected chi connectivity index (χ2v) is 5.33. The van der Waals surface area contributed by atoms with Gasteiger partial charge >= 0.3 is 0 Å². The van der Waals surface area contributed by atoms with Gasteiger partial charge in [-0.25, -0.2) is 4.39 Å². The van der Waals surface area contributed by atoms with E-state index in [1.54, 1.807) is 17.4 Å². The minimum atomic E-state index is -0.525. The zero-order chi connectivity index (χ0) is 12.3. The SMILES string of the molecule is O=C(NCc1cccs1)c1ccc(Br)cc1F. The molecule has 1 aromatic carbocycles.